The smallest absolute Gasteiger partial charge is 0.435 e. The standard InChI is InChI=1S/C23H23F3N4O2/c1-4-29-13-19(21(28-29)23(24,25)26)16-6-5-7-18-17(16)9-11-30(22(18)31)14(2)20-12-15(32-3)8-10-27-20/h5-8,10,12-14H,4,9,11H2,1-3H3. The minimum absolute atomic E-state index is 0.0000362. The first kappa shape index (κ1) is 21.9. The summed E-state index contributed by atoms with van der Waals surface area (Å²) in [6.45, 7) is 4.29. The molecule has 1 atom stereocenters. The predicted octanol–water partition coefficient (Wildman–Crippen LogP) is 4.75. The molecule has 0 N–H and O–H groups in total. The maximum atomic E-state index is 13.6. The molecule has 1 aliphatic heterocycles. The lowest BCUT2D eigenvalue weighted by Crippen LogP contribution is -2.39. The lowest BCUT2D eigenvalue weighted by molar-refractivity contribution is -0.141. The summed E-state index contributed by atoms with van der Waals surface area (Å²) in [5.41, 5.74) is 1.16. The van der Waals surface area contributed by atoms with Gasteiger partial charge in [0.25, 0.3) is 5.91 Å². The van der Waals surface area contributed by atoms with Gasteiger partial charge < -0.3 is 9.64 Å². The summed E-state index contributed by atoms with van der Waals surface area (Å²) in [5.74, 6) is 0.406. The van der Waals surface area contributed by atoms with Crippen LogP contribution in [0.15, 0.2) is 42.7 Å². The Kier molecular flexibility index (Phi) is 5.66. The lowest BCUT2D eigenvalue weighted by Gasteiger charge is -2.34. The lowest BCUT2D eigenvalue weighted by atomic mass is 9.89. The van der Waals surface area contributed by atoms with E-state index in [0.29, 0.717) is 47.6 Å². The Hall–Kier alpha value is -3.36. The Bertz CT molecular complexity index is 1160. The molecule has 9 heteroatoms. The summed E-state index contributed by atoms with van der Waals surface area (Å²) in [7, 11) is 1.56. The Morgan fingerprint density at radius 3 is 2.62 bits per heavy atom. The van der Waals surface area contributed by atoms with Crippen molar-refractivity contribution in [3.63, 3.8) is 0 Å². The van der Waals surface area contributed by atoms with Crippen LogP contribution in [0.25, 0.3) is 11.1 Å². The van der Waals surface area contributed by atoms with Gasteiger partial charge >= 0.3 is 6.18 Å². The van der Waals surface area contributed by atoms with Crippen molar-refractivity contribution >= 4 is 5.91 Å². The van der Waals surface area contributed by atoms with Crippen molar-refractivity contribution in [1.82, 2.24) is 19.7 Å². The SMILES string of the molecule is CCn1cc(-c2cccc3c2CCN(C(C)c2cc(OC)ccn2)C3=O)c(C(F)(F)F)n1. The summed E-state index contributed by atoms with van der Waals surface area (Å²) < 4.78 is 47.4. The number of pyridine rings is 1. The molecule has 1 amide bonds. The average Bonchev–Trinajstić information content (AvgIpc) is 3.24. The first-order chi connectivity index (χ1) is 15.2. The van der Waals surface area contributed by atoms with Crippen LogP contribution in [0, 0.1) is 0 Å². The highest BCUT2D eigenvalue weighted by Gasteiger charge is 2.39. The number of halogens is 3. The van der Waals surface area contributed by atoms with E-state index in [0.717, 1.165) is 0 Å². The van der Waals surface area contributed by atoms with Crippen LogP contribution in [0.5, 0.6) is 5.75 Å². The third-order valence-electron chi connectivity index (χ3n) is 5.80. The summed E-state index contributed by atoms with van der Waals surface area (Å²) in [6.07, 6.45) is -1.14. The highest BCUT2D eigenvalue weighted by atomic mass is 19.4. The molecule has 4 rings (SSSR count). The van der Waals surface area contributed by atoms with Crippen molar-refractivity contribution in [2.75, 3.05) is 13.7 Å². The monoisotopic (exact) mass is 444 g/mol. The van der Waals surface area contributed by atoms with E-state index >= 15 is 0 Å². The summed E-state index contributed by atoms with van der Waals surface area (Å²) >= 11 is 0. The van der Waals surface area contributed by atoms with Gasteiger partial charge in [0.1, 0.15) is 5.75 Å². The van der Waals surface area contributed by atoms with Gasteiger partial charge in [-0.2, -0.15) is 18.3 Å². The largest absolute Gasteiger partial charge is 0.497 e. The minimum Gasteiger partial charge on any atom is -0.497 e. The molecule has 1 unspecified atom stereocenters. The maximum Gasteiger partial charge on any atom is 0.435 e. The third-order valence-corrected chi connectivity index (χ3v) is 5.80. The third kappa shape index (κ3) is 3.83. The van der Waals surface area contributed by atoms with Gasteiger partial charge in [0.05, 0.1) is 18.8 Å². The van der Waals surface area contributed by atoms with E-state index in [-0.39, 0.29) is 17.5 Å². The number of methoxy groups -OCH3 is 1. The summed E-state index contributed by atoms with van der Waals surface area (Å²) in [6, 6.07) is 8.09. The minimum atomic E-state index is -4.59. The fourth-order valence-corrected chi connectivity index (χ4v) is 4.10. The van der Waals surface area contributed by atoms with E-state index in [1.54, 1.807) is 55.5 Å². The van der Waals surface area contributed by atoms with E-state index in [1.807, 2.05) is 6.92 Å². The van der Waals surface area contributed by atoms with Gasteiger partial charge in [-0.25, -0.2) is 0 Å². The molecule has 0 spiro atoms. The number of benzene rings is 1. The summed E-state index contributed by atoms with van der Waals surface area (Å²) in [4.78, 5) is 19.4. The summed E-state index contributed by atoms with van der Waals surface area (Å²) in [5, 5.41) is 3.72. The quantitative estimate of drug-likeness (QED) is 0.570. The molecule has 0 saturated carbocycles. The van der Waals surface area contributed by atoms with Crippen LogP contribution < -0.4 is 4.74 Å². The zero-order valence-electron chi connectivity index (χ0n) is 18.0. The molecule has 3 aromatic rings. The second kappa shape index (κ2) is 8.29. The zero-order chi connectivity index (χ0) is 23.0. The number of ether oxygens (including phenoxy) is 1. The molecule has 6 nitrogen and oxygen atoms in total. The molecule has 0 aliphatic carbocycles. The number of carbonyl (C=O) groups excluding carboxylic acids is 1. The maximum absolute atomic E-state index is 13.6. The van der Waals surface area contributed by atoms with E-state index in [9.17, 15) is 18.0 Å². The van der Waals surface area contributed by atoms with Crippen molar-refractivity contribution in [2.45, 2.75) is 39.0 Å². The van der Waals surface area contributed by atoms with Crippen LogP contribution in [0.4, 0.5) is 13.2 Å². The Balaban J connectivity index is 1.73. The molecule has 3 heterocycles. The number of fused-ring (bicyclic) bond motifs is 1. The number of carbonyl (C=O) groups is 1. The van der Waals surface area contributed by atoms with Crippen LogP contribution in [0.3, 0.4) is 0 Å². The zero-order valence-corrected chi connectivity index (χ0v) is 18.0. The molecule has 1 aromatic carbocycles. The molecule has 0 fully saturated rings. The molecule has 0 bridgehead atoms. The van der Waals surface area contributed by atoms with E-state index in [1.165, 1.54) is 10.9 Å². The molecular weight excluding hydrogens is 421 g/mol. The number of aryl methyl sites for hydroxylation is 1. The molecule has 1 aliphatic rings. The van der Waals surface area contributed by atoms with Crippen molar-refractivity contribution in [3.8, 4) is 16.9 Å². The Morgan fingerprint density at radius 1 is 1.19 bits per heavy atom. The van der Waals surface area contributed by atoms with Crippen molar-refractivity contribution in [1.29, 1.82) is 0 Å². The number of rotatable bonds is 5. The second-order valence-electron chi connectivity index (χ2n) is 7.62. The van der Waals surface area contributed by atoms with Crippen molar-refractivity contribution in [2.24, 2.45) is 0 Å². The Labute approximate surface area is 183 Å². The van der Waals surface area contributed by atoms with Gasteiger partial charge in [-0.1, -0.05) is 12.1 Å². The fraction of sp³-hybridized carbons (Fsp3) is 0.348. The second-order valence-corrected chi connectivity index (χ2v) is 7.62. The first-order valence-corrected chi connectivity index (χ1v) is 10.3. The Morgan fingerprint density at radius 2 is 1.94 bits per heavy atom. The molecule has 0 saturated heterocycles. The number of amides is 1. The van der Waals surface area contributed by atoms with Crippen LogP contribution in [0.2, 0.25) is 0 Å². The van der Waals surface area contributed by atoms with Crippen LogP contribution in [0.1, 0.15) is 47.2 Å². The van der Waals surface area contributed by atoms with Gasteiger partial charge in [0.15, 0.2) is 5.69 Å². The molecule has 2 aromatic heterocycles. The topological polar surface area (TPSA) is 60.2 Å². The van der Waals surface area contributed by atoms with Gasteiger partial charge in [-0.15, -0.1) is 0 Å². The molecular formula is C23H23F3N4O2. The van der Waals surface area contributed by atoms with E-state index < -0.39 is 11.9 Å². The van der Waals surface area contributed by atoms with Gasteiger partial charge in [-0.05, 0) is 43.5 Å². The number of alkyl halides is 3. The predicted molar refractivity (Wildman–Crippen MR) is 112 cm³/mol. The number of hydrogen-bond donors (Lipinski definition) is 0. The first-order valence-electron chi connectivity index (χ1n) is 10.3. The molecule has 168 valence electrons. The van der Waals surface area contributed by atoms with Gasteiger partial charge in [0.2, 0.25) is 0 Å². The van der Waals surface area contributed by atoms with Crippen molar-refractivity contribution in [3.05, 3.63) is 65.2 Å². The van der Waals surface area contributed by atoms with Crippen LogP contribution in [-0.2, 0) is 19.1 Å². The molecule has 0 radical (unpaired) electrons. The van der Waals surface area contributed by atoms with E-state index in [4.69, 9.17) is 4.74 Å². The highest BCUT2D eigenvalue weighted by Crippen LogP contribution is 2.40. The average molecular weight is 444 g/mol. The van der Waals surface area contributed by atoms with Crippen LogP contribution >= 0.6 is 0 Å². The highest BCUT2D eigenvalue weighted by molar-refractivity contribution is 5.99. The van der Waals surface area contributed by atoms with Crippen LogP contribution in [-0.4, -0.2) is 39.2 Å². The van der Waals surface area contributed by atoms with Gasteiger partial charge in [0, 0.05) is 42.7 Å². The normalized spacial score (nSPS) is 14.9. The number of aromatic nitrogens is 3. The molecule has 32 heavy (non-hydrogen) atoms. The van der Waals surface area contributed by atoms with Gasteiger partial charge in [-0.3, -0.25) is 14.5 Å². The van der Waals surface area contributed by atoms with Crippen molar-refractivity contribution < 1.29 is 22.7 Å². The fourth-order valence-electron chi connectivity index (χ4n) is 4.10. The van der Waals surface area contributed by atoms with E-state index in [2.05, 4.69) is 10.1 Å². The number of nitrogens with zero attached hydrogens (tertiary/aromatic N) is 4. The number of hydrogen-bond acceptors (Lipinski definition) is 4.